The Kier molecular flexibility index (Phi) is 5.34. The molecule has 0 aliphatic heterocycles. The fraction of sp³-hybridized carbons (Fsp3) is 0.409. The molecule has 10 heteroatoms. The number of hydrogen-bond acceptors (Lipinski definition) is 8. The highest BCUT2D eigenvalue weighted by atomic mass is 32.1. The van der Waals surface area contributed by atoms with E-state index in [1.807, 2.05) is 12.1 Å². The van der Waals surface area contributed by atoms with Crippen molar-refractivity contribution < 1.29 is 9.18 Å². The van der Waals surface area contributed by atoms with Crippen molar-refractivity contribution in [1.82, 2.24) is 25.5 Å². The highest BCUT2D eigenvalue weighted by molar-refractivity contribution is 7.15. The zero-order chi connectivity index (χ0) is 22.2. The monoisotopic (exact) mass is 453 g/mol. The van der Waals surface area contributed by atoms with E-state index in [0.29, 0.717) is 30.3 Å². The van der Waals surface area contributed by atoms with Crippen LogP contribution in [0.5, 0.6) is 0 Å². The minimum atomic E-state index is -0.678. The lowest BCUT2D eigenvalue weighted by atomic mass is 9.66. The van der Waals surface area contributed by atoms with Crippen LogP contribution in [0, 0.1) is 5.82 Å². The molecule has 3 aromatic rings. The number of rotatable bonds is 8. The minimum Gasteiger partial charge on any atom is -0.368 e. The van der Waals surface area contributed by atoms with Gasteiger partial charge in [-0.05, 0) is 49.9 Å². The number of pyridine rings is 1. The molecule has 0 aromatic carbocycles. The zero-order valence-electron chi connectivity index (χ0n) is 17.5. The van der Waals surface area contributed by atoms with Crippen molar-refractivity contribution in [3.05, 3.63) is 53.0 Å². The van der Waals surface area contributed by atoms with Gasteiger partial charge >= 0.3 is 0 Å². The number of thiazole rings is 1. The Morgan fingerprint density at radius 1 is 1.16 bits per heavy atom. The van der Waals surface area contributed by atoms with Crippen molar-refractivity contribution in [2.24, 2.45) is 5.73 Å². The van der Waals surface area contributed by atoms with E-state index in [4.69, 9.17) is 5.73 Å². The molecule has 3 heterocycles. The first-order valence-corrected chi connectivity index (χ1v) is 11.5. The van der Waals surface area contributed by atoms with Gasteiger partial charge in [0.25, 0.3) is 0 Å². The predicted octanol–water partition coefficient (Wildman–Crippen LogP) is 2.78. The number of amides is 1. The zero-order valence-corrected chi connectivity index (χ0v) is 18.3. The number of nitrogens with two attached hydrogens (primary N) is 1. The number of aromatic nitrogens is 4. The smallest absolute Gasteiger partial charge is 0.240 e. The molecule has 0 radical (unpaired) electrons. The quantitative estimate of drug-likeness (QED) is 0.480. The highest BCUT2D eigenvalue weighted by Gasteiger charge is 2.45. The van der Waals surface area contributed by atoms with Crippen molar-refractivity contribution in [3.8, 4) is 10.7 Å². The third-order valence-electron chi connectivity index (χ3n) is 6.28. The van der Waals surface area contributed by atoms with Crippen molar-refractivity contribution in [1.29, 1.82) is 0 Å². The Hall–Kier alpha value is -2.98. The molecule has 166 valence electrons. The lowest BCUT2D eigenvalue weighted by Gasteiger charge is -2.41. The molecule has 3 aromatic heterocycles. The topological polar surface area (TPSA) is 119 Å². The van der Waals surface area contributed by atoms with Gasteiger partial charge in [-0.2, -0.15) is 0 Å². The molecule has 4 N–H and O–H groups in total. The fourth-order valence-electron chi connectivity index (χ4n) is 3.89. The van der Waals surface area contributed by atoms with Gasteiger partial charge in [0.1, 0.15) is 22.3 Å². The molecular formula is C22H24FN7OS. The Morgan fingerprint density at radius 2 is 2.00 bits per heavy atom. The van der Waals surface area contributed by atoms with Gasteiger partial charge in [0.2, 0.25) is 5.91 Å². The Labute approximate surface area is 188 Å². The number of carbonyl (C=O) groups excluding carboxylic acids is 1. The van der Waals surface area contributed by atoms with E-state index >= 15 is 0 Å². The molecule has 5 rings (SSSR count). The summed E-state index contributed by atoms with van der Waals surface area (Å²) in [5.74, 6) is 0.250. The second-order valence-corrected chi connectivity index (χ2v) is 9.71. The summed E-state index contributed by atoms with van der Waals surface area (Å²) in [6.07, 6.45) is 7.68. The first-order valence-electron chi connectivity index (χ1n) is 10.7. The van der Waals surface area contributed by atoms with Crippen LogP contribution in [0.3, 0.4) is 0 Å². The SMILES string of the molecule is NC1(C(=O)NCc2cnc(-c3ccc(NCC4(c5ncccc5F)CCC4)nn3)s2)CC1. The maximum atomic E-state index is 14.3. The third-order valence-corrected chi connectivity index (χ3v) is 7.30. The van der Waals surface area contributed by atoms with Gasteiger partial charge in [-0.25, -0.2) is 9.37 Å². The number of halogens is 1. The average Bonchev–Trinajstić information content (AvgIpc) is 3.35. The summed E-state index contributed by atoms with van der Waals surface area (Å²) in [5, 5.41) is 15.4. The summed E-state index contributed by atoms with van der Waals surface area (Å²) >= 11 is 1.45. The molecule has 0 saturated heterocycles. The molecule has 2 aliphatic rings. The standard InChI is InChI=1S/C22H24FN7OS/c23-15-3-1-10-25-18(15)21(6-2-7-21)13-28-17-5-4-16(29-30-17)19-26-11-14(32-19)12-27-20(31)22(24)8-9-22/h1,3-5,10-11H,2,6-9,12-13,24H2,(H,27,31)(H,28,30). The van der Waals surface area contributed by atoms with Crippen LogP contribution in [0.2, 0.25) is 0 Å². The molecule has 0 unspecified atom stereocenters. The van der Waals surface area contributed by atoms with Gasteiger partial charge in [0.15, 0.2) is 0 Å². The van der Waals surface area contributed by atoms with Crippen LogP contribution in [0.1, 0.15) is 42.7 Å². The lowest BCUT2D eigenvalue weighted by Crippen LogP contribution is -2.42. The number of carbonyl (C=O) groups is 1. The number of nitrogens with one attached hydrogen (secondary N) is 2. The predicted molar refractivity (Wildman–Crippen MR) is 119 cm³/mol. The first kappa shape index (κ1) is 20.9. The number of nitrogens with zero attached hydrogens (tertiary/aromatic N) is 4. The van der Waals surface area contributed by atoms with Crippen molar-refractivity contribution in [2.45, 2.75) is 49.6 Å². The van der Waals surface area contributed by atoms with Gasteiger partial charge in [0.05, 0.1) is 17.8 Å². The Bertz CT molecular complexity index is 1130. The molecule has 2 aliphatic carbocycles. The molecule has 0 bridgehead atoms. The molecule has 2 fully saturated rings. The van der Waals surface area contributed by atoms with Crippen LogP contribution in [-0.4, -0.2) is 38.2 Å². The molecular weight excluding hydrogens is 429 g/mol. The first-order chi connectivity index (χ1) is 15.5. The van der Waals surface area contributed by atoms with Crippen LogP contribution in [0.4, 0.5) is 10.2 Å². The minimum absolute atomic E-state index is 0.113. The third kappa shape index (κ3) is 4.07. The number of hydrogen-bond donors (Lipinski definition) is 3. The maximum Gasteiger partial charge on any atom is 0.240 e. The van der Waals surface area contributed by atoms with Gasteiger partial charge in [0, 0.05) is 29.2 Å². The maximum absolute atomic E-state index is 14.3. The lowest BCUT2D eigenvalue weighted by molar-refractivity contribution is -0.123. The molecule has 1 amide bonds. The van der Waals surface area contributed by atoms with Crippen molar-refractivity contribution in [2.75, 3.05) is 11.9 Å². The Morgan fingerprint density at radius 3 is 2.66 bits per heavy atom. The van der Waals surface area contributed by atoms with Crippen LogP contribution >= 0.6 is 11.3 Å². The van der Waals surface area contributed by atoms with Crippen molar-refractivity contribution >= 4 is 23.1 Å². The normalized spacial score (nSPS) is 17.9. The fourth-order valence-corrected chi connectivity index (χ4v) is 4.71. The van der Waals surface area contributed by atoms with E-state index in [1.165, 1.54) is 17.4 Å². The number of anilines is 1. The summed E-state index contributed by atoms with van der Waals surface area (Å²) < 4.78 is 14.3. The van der Waals surface area contributed by atoms with Gasteiger partial charge in [-0.1, -0.05) is 6.42 Å². The van der Waals surface area contributed by atoms with E-state index in [2.05, 4.69) is 30.8 Å². The van der Waals surface area contributed by atoms with Crippen molar-refractivity contribution in [3.63, 3.8) is 0 Å². The summed E-state index contributed by atoms with van der Waals surface area (Å²) in [5.41, 5.74) is 6.10. The van der Waals surface area contributed by atoms with E-state index in [1.54, 1.807) is 18.5 Å². The molecule has 8 nitrogen and oxygen atoms in total. The van der Waals surface area contributed by atoms with E-state index in [0.717, 1.165) is 42.0 Å². The molecule has 0 spiro atoms. The molecule has 0 atom stereocenters. The average molecular weight is 454 g/mol. The van der Waals surface area contributed by atoms with Gasteiger partial charge in [-0.15, -0.1) is 21.5 Å². The summed E-state index contributed by atoms with van der Waals surface area (Å²) in [7, 11) is 0. The van der Waals surface area contributed by atoms with Gasteiger partial charge < -0.3 is 16.4 Å². The van der Waals surface area contributed by atoms with Crippen LogP contribution in [-0.2, 0) is 16.8 Å². The van der Waals surface area contributed by atoms with Gasteiger partial charge in [-0.3, -0.25) is 9.78 Å². The van der Waals surface area contributed by atoms with E-state index < -0.39 is 5.54 Å². The Balaban J connectivity index is 1.20. The summed E-state index contributed by atoms with van der Waals surface area (Å²) in [6, 6.07) is 6.77. The van der Waals surface area contributed by atoms with Crippen LogP contribution < -0.4 is 16.4 Å². The highest BCUT2D eigenvalue weighted by Crippen LogP contribution is 2.43. The second-order valence-electron chi connectivity index (χ2n) is 8.60. The second kappa shape index (κ2) is 8.18. The van der Waals surface area contributed by atoms with E-state index in [-0.39, 0.29) is 17.1 Å². The summed E-state index contributed by atoms with van der Waals surface area (Å²) in [6.45, 7) is 0.952. The van der Waals surface area contributed by atoms with Crippen LogP contribution in [0.25, 0.3) is 10.7 Å². The van der Waals surface area contributed by atoms with Crippen LogP contribution in [0.15, 0.2) is 36.7 Å². The summed E-state index contributed by atoms with van der Waals surface area (Å²) in [4.78, 5) is 21.6. The largest absolute Gasteiger partial charge is 0.368 e. The molecule has 2 saturated carbocycles. The molecule has 32 heavy (non-hydrogen) atoms. The van der Waals surface area contributed by atoms with E-state index in [9.17, 15) is 9.18 Å².